The lowest BCUT2D eigenvalue weighted by molar-refractivity contribution is 0.0602. The van der Waals surface area contributed by atoms with Gasteiger partial charge in [0.15, 0.2) is 0 Å². The number of benzene rings is 2. The van der Waals surface area contributed by atoms with Gasteiger partial charge in [0.2, 0.25) is 0 Å². The Labute approximate surface area is 129 Å². The van der Waals surface area contributed by atoms with Crippen LogP contribution in [0.15, 0.2) is 42.5 Å². The Morgan fingerprint density at radius 1 is 0.955 bits per heavy atom. The Morgan fingerprint density at radius 3 is 2.36 bits per heavy atom. The highest BCUT2D eigenvalue weighted by atomic mass is 16.5. The summed E-state index contributed by atoms with van der Waals surface area (Å²) in [6.07, 6.45) is 0. The van der Waals surface area contributed by atoms with Crippen LogP contribution in [0.25, 0.3) is 0 Å². The maximum absolute atomic E-state index is 12.1. The predicted octanol–water partition coefficient (Wildman–Crippen LogP) is 3.73. The standard InChI is InChI=1S/C17H18N2O3/c1-11-8-9-13(10-12(11)2)18-17(21)19-15-7-5-4-6-14(15)16(20)22-3/h4-10H,1-3H3,(H2,18,19,21). The van der Waals surface area contributed by atoms with Crippen LogP contribution in [0.2, 0.25) is 0 Å². The monoisotopic (exact) mass is 298 g/mol. The summed E-state index contributed by atoms with van der Waals surface area (Å²) in [5.74, 6) is -0.498. The van der Waals surface area contributed by atoms with Crippen molar-refractivity contribution in [1.82, 2.24) is 0 Å². The highest BCUT2D eigenvalue weighted by Gasteiger charge is 2.13. The van der Waals surface area contributed by atoms with Gasteiger partial charge in [-0.1, -0.05) is 18.2 Å². The van der Waals surface area contributed by atoms with Crippen LogP contribution in [-0.2, 0) is 4.74 Å². The first-order valence-corrected chi connectivity index (χ1v) is 6.84. The maximum Gasteiger partial charge on any atom is 0.339 e. The number of rotatable bonds is 3. The van der Waals surface area contributed by atoms with Crippen LogP contribution in [0.4, 0.5) is 16.2 Å². The van der Waals surface area contributed by atoms with Crippen molar-refractivity contribution in [2.45, 2.75) is 13.8 Å². The normalized spacial score (nSPS) is 9.95. The lowest BCUT2D eigenvalue weighted by Crippen LogP contribution is -2.21. The minimum atomic E-state index is -0.498. The van der Waals surface area contributed by atoms with E-state index < -0.39 is 12.0 Å². The highest BCUT2D eigenvalue weighted by molar-refractivity contribution is 6.05. The summed E-state index contributed by atoms with van der Waals surface area (Å²) in [7, 11) is 1.30. The molecule has 0 radical (unpaired) electrons. The van der Waals surface area contributed by atoms with Gasteiger partial charge in [-0.2, -0.15) is 0 Å². The molecule has 0 aliphatic rings. The molecule has 0 saturated heterocycles. The minimum absolute atomic E-state index is 0.306. The number of esters is 1. The topological polar surface area (TPSA) is 67.4 Å². The minimum Gasteiger partial charge on any atom is -0.465 e. The third-order valence-electron chi connectivity index (χ3n) is 3.35. The first kappa shape index (κ1) is 15.6. The van der Waals surface area contributed by atoms with Crippen LogP contribution in [0, 0.1) is 13.8 Å². The molecule has 0 spiro atoms. The van der Waals surface area contributed by atoms with Crippen LogP contribution < -0.4 is 10.6 Å². The Hall–Kier alpha value is -2.82. The number of amides is 2. The third kappa shape index (κ3) is 3.63. The molecule has 0 atom stereocenters. The fraction of sp³-hybridized carbons (Fsp3) is 0.176. The molecule has 0 unspecified atom stereocenters. The fourth-order valence-corrected chi connectivity index (χ4v) is 1.98. The summed E-state index contributed by atoms with van der Waals surface area (Å²) in [6, 6.07) is 11.9. The largest absolute Gasteiger partial charge is 0.465 e. The molecule has 2 aromatic carbocycles. The number of para-hydroxylation sites is 1. The zero-order valence-electron chi connectivity index (χ0n) is 12.8. The average Bonchev–Trinajstić information content (AvgIpc) is 2.50. The lowest BCUT2D eigenvalue weighted by atomic mass is 10.1. The molecular formula is C17H18N2O3. The van der Waals surface area contributed by atoms with Gasteiger partial charge in [0, 0.05) is 5.69 Å². The molecule has 2 aromatic rings. The SMILES string of the molecule is COC(=O)c1ccccc1NC(=O)Nc1ccc(C)c(C)c1. The second-order valence-corrected chi connectivity index (χ2v) is 4.92. The van der Waals surface area contributed by atoms with Crippen molar-refractivity contribution in [3.05, 3.63) is 59.2 Å². The predicted molar refractivity (Wildman–Crippen MR) is 86.3 cm³/mol. The van der Waals surface area contributed by atoms with Crippen LogP contribution in [0.1, 0.15) is 21.5 Å². The number of nitrogens with one attached hydrogen (secondary N) is 2. The number of carbonyl (C=O) groups is 2. The molecule has 22 heavy (non-hydrogen) atoms. The first-order valence-electron chi connectivity index (χ1n) is 6.84. The Balaban J connectivity index is 2.12. The molecule has 2 N–H and O–H groups in total. The molecule has 0 saturated carbocycles. The van der Waals surface area contributed by atoms with E-state index in [9.17, 15) is 9.59 Å². The summed E-state index contributed by atoms with van der Waals surface area (Å²) < 4.78 is 4.70. The van der Waals surface area contributed by atoms with Gasteiger partial charge in [0.1, 0.15) is 0 Å². The van der Waals surface area contributed by atoms with Crippen molar-refractivity contribution >= 4 is 23.4 Å². The van der Waals surface area contributed by atoms with E-state index in [1.54, 1.807) is 24.3 Å². The Kier molecular flexibility index (Phi) is 4.78. The van der Waals surface area contributed by atoms with Crippen molar-refractivity contribution in [1.29, 1.82) is 0 Å². The fourth-order valence-electron chi connectivity index (χ4n) is 1.98. The molecule has 5 heteroatoms. The molecule has 0 aliphatic carbocycles. The van der Waals surface area contributed by atoms with Gasteiger partial charge in [-0.25, -0.2) is 9.59 Å². The molecule has 0 aromatic heterocycles. The van der Waals surface area contributed by atoms with Gasteiger partial charge in [-0.05, 0) is 49.2 Å². The molecule has 2 amide bonds. The van der Waals surface area contributed by atoms with Gasteiger partial charge < -0.3 is 15.4 Å². The Bertz CT molecular complexity index is 711. The Morgan fingerprint density at radius 2 is 1.68 bits per heavy atom. The lowest BCUT2D eigenvalue weighted by Gasteiger charge is -2.11. The molecule has 0 fully saturated rings. The first-order chi connectivity index (χ1) is 10.5. The zero-order valence-corrected chi connectivity index (χ0v) is 12.8. The smallest absolute Gasteiger partial charge is 0.339 e. The van der Waals surface area contributed by atoms with E-state index in [1.165, 1.54) is 7.11 Å². The van der Waals surface area contributed by atoms with Gasteiger partial charge in [0.25, 0.3) is 0 Å². The second kappa shape index (κ2) is 6.76. The van der Waals surface area contributed by atoms with Gasteiger partial charge in [0.05, 0.1) is 18.4 Å². The molecule has 2 rings (SSSR count). The molecule has 114 valence electrons. The summed E-state index contributed by atoms with van der Waals surface area (Å²) in [4.78, 5) is 23.7. The summed E-state index contributed by atoms with van der Waals surface area (Å²) in [6.45, 7) is 3.98. The van der Waals surface area contributed by atoms with E-state index in [0.29, 0.717) is 16.9 Å². The number of aryl methyl sites for hydroxylation is 2. The van der Waals surface area contributed by atoms with E-state index in [-0.39, 0.29) is 0 Å². The third-order valence-corrected chi connectivity index (χ3v) is 3.35. The quantitative estimate of drug-likeness (QED) is 0.848. The highest BCUT2D eigenvalue weighted by Crippen LogP contribution is 2.18. The van der Waals surface area contributed by atoms with Crippen molar-refractivity contribution in [2.24, 2.45) is 0 Å². The maximum atomic E-state index is 12.1. The van der Waals surface area contributed by atoms with Crippen molar-refractivity contribution in [2.75, 3.05) is 17.7 Å². The van der Waals surface area contributed by atoms with Crippen molar-refractivity contribution in [3.8, 4) is 0 Å². The van der Waals surface area contributed by atoms with Crippen molar-refractivity contribution < 1.29 is 14.3 Å². The molecule has 0 bridgehead atoms. The number of anilines is 2. The van der Waals surface area contributed by atoms with E-state index in [1.807, 2.05) is 32.0 Å². The number of carbonyl (C=O) groups excluding carboxylic acids is 2. The number of urea groups is 1. The molecule has 0 heterocycles. The van der Waals surface area contributed by atoms with E-state index in [2.05, 4.69) is 10.6 Å². The zero-order chi connectivity index (χ0) is 16.1. The van der Waals surface area contributed by atoms with Crippen LogP contribution >= 0.6 is 0 Å². The number of methoxy groups -OCH3 is 1. The molecule has 5 nitrogen and oxygen atoms in total. The van der Waals surface area contributed by atoms with Crippen LogP contribution in [-0.4, -0.2) is 19.1 Å². The summed E-state index contributed by atoms with van der Waals surface area (Å²) in [5.41, 5.74) is 3.64. The second-order valence-electron chi connectivity index (χ2n) is 4.92. The molecule has 0 aliphatic heterocycles. The summed E-state index contributed by atoms with van der Waals surface area (Å²) >= 11 is 0. The van der Waals surface area contributed by atoms with Crippen LogP contribution in [0.3, 0.4) is 0 Å². The molecular weight excluding hydrogens is 280 g/mol. The number of hydrogen-bond donors (Lipinski definition) is 2. The number of hydrogen-bond acceptors (Lipinski definition) is 3. The van der Waals surface area contributed by atoms with E-state index in [4.69, 9.17) is 4.74 Å². The van der Waals surface area contributed by atoms with Gasteiger partial charge in [-0.15, -0.1) is 0 Å². The summed E-state index contributed by atoms with van der Waals surface area (Å²) in [5, 5.41) is 5.40. The average molecular weight is 298 g/mol. The number of ether oxygens (including phenoxy) is 1. The van der Waals surface area contributed by atoms with Crippen LogP contribution in [0.5, 0.6) is 0 Å². The van der Waals surface area contributed by atoms with Gasteiger partial charge >= 0.3 is 12.0 Å². The van der Waals surface area contributed by atoms with E-state index in [0.717, 1.165) is 11.1 Å². The van der Waals surface area contributed by atoms with E-state index >= 15 is 0 Å². The van der Waals surface area contributed by atoms with Crippen molar-refractivity contribution in [3.63, 3.8) is 0 Å². The van der Waals surface area contributed by atoms with Gasteiger partial charge in [-0.3, -0.25) is 0 Å².